The molecule has 0 radical (unpaired) electrons. The summed E-state index contributed by atoms with van der Waals surface area (Å²) in [6, 6.07) is 12.5. The molecule has 0 saturated heterocycles. The third-order valence-electron chi connectivity index (χ3n) is 2.95. The van der Waals surface area contributed by atoms with Crippen LogP contribution in [0.2, 0.25) is 0 Å². The van der Waals surface area contributed by atoms with Crippen LogP contribution in [0.5, 0.6) is 5.75 Å². The van der Waals surface area contributed by atoms with Crippen molar-refractivity contribution in [1.82, 2.24) is 14.9 Å². The molecule has 5 nitrogen and oxygen atoms in total. The molecule has 0 atom stereocenters. The van der Waals surface area contributed by atoms with E-state index >= 15 is 0 Å². The van der Waals surface area contributed by atoms with Crippen LogP contribution < -0.4 is 0 Å². The summed E-state index contributed by atoms with van der Waals surface area (Å²) in [4.78, 5) is 0. The van der Waals surface area contributed by atoms with E-state index < -0.39 is 0 Å². The summed E-state index contributed by atoms with van der Waals surface area (Å²) in [5.74, 6) is 0.299. The molecule has 0 aliphatic carbocycles. The number of nitrogens with one attached hydrogen (secondary N) is 1. The Labute approximate surface area is 130 Å². The highest BCUT2D eigenvalue weighted by Crippen LogP contribution is 2.17. The standard InChI is InChI=1S/C15H11FN4OS/c16-12-6-4-11(5-7-12)14-18-19-15(22)20(14)17-9-10-2-1-3-13(21)8-10/h1-9,21H,(H,19,22)/b17-9-. The lowest BCUT2D eigenvalue weighted by molar-refractivity contribution is 0.475. The number of H-pyrrole nitrogens is 1. The third-order valence-corrected chi connectivity index (χ3v) is 3.21. The molecule has 0 unspecified atom stereocenters. The first-order valence-corrected chi connectivity index (χ1v) is 6.81. The van der Waals surface area contributed by atoms with Crippen molar-refractivity contribution < 1.29 is 9.50 Å². The number of hydrogen-bond donors (Lipinski definition) is 2. The van der Waals surface area contributed by atoms with Gasteiger partial charge in [0.05, 0.1) is 6.21 Å². The second-order valence-corrected chi connectivity index (χ2v) is 4.90. The monoisotopic (exact) mass is 314 g/mol. The number of benzene rings is 2. The van der Waals surface area contributed by atoms with E-state index in [1.807, 2.05) is 0 Å². The molecule has 3 aromatic rings. The molecule has 0 amide bonds. The molecule has 22 heavy (non-hydrogen) atoms. The topological polar surface area (TPSA) is 66.2 Å². The van der Waals surface area contributed by atoms with Crippen molar-refractivity contribution >= 4 is 18.4 Å². The maximum atomic E-state index is 13.0. The first-order chi connectivity index (χ1) is 10.6. The zero-order valence-electron chi connectivity index (χ0n) is 11.3. The number of hydrogen-bond acceptors (Lipinski definition) is 4. The molecular weight excluding hydrogens is 303 g/mol. The Bertz CT molecular complexity index is 883. The van der Waals surface area contributed by atoms with E-state index in [2.05, 4.69) is 15.3 Å². The van der Waals surface area contributed by atoms with Gasteiger partial charge in [0, 0.05) is 5.56 Å². The number of rotatable bonds is 3. The number of aromatic nitrogens is 3. The van der Waals surface area contributed by atoms with Gasteiger partial charge in [-0.3, -0.25) is 0 Å². The van der Waals surface area contributed by atoms with Crippen molar-refractivity contribution in [1.29, 1.82) is 0 Å². The summed E-state index contributed by atoms with van der Waals surface area (Å²) in [7, 11) is 0. The van der Waals surface area contributed by atoms with Crippen LogP contribution in [0.25, 0.3) is 11.4 Å². The van der Waals surface area contributed by atoms with Crippen molar-refractivity contribution in [3.63, 3.8) is 0 Å². The number of aromatic amines is 1. The smallest absolute Gasteiger partial charge is 0.216 e. The van der Waals surface area contributed by atoms with E-state index in [1.165, 1.54) is 16.8 Å². The molecule has 1 heterocycles. The molecule has 0 fully saturated rings. The van der Waals surface area contributed by atoms with E-state index in [0.29, 0.717) is 21.7 Å². The molecule has 110 valence electrons. The summed E-state index contributed by atoms with van der Waals surface area (Å²) in [6.07, 6.45) is 1.55. The maximum Gasteiger partial charge on any atom is 0.216 e. The Morgan fingerprint density at radius 3 is 2.73 bits per heavy atom. The third kappa shape index (κ3) is 2.94. The first-order valence-electron chi connectivity index (χ1n) is 6.40. The minimum absolute atomic E-state index is 0.151. The van der Waals surface area contributed by atoms with Crippen LogP contribution in [-0.2, 0) is 0 Å². The number of halogens is 1. The van der Waals surface area contributed by atoms with E-state index in [-0.39, 0.29) is 11.6 Å². The van der Waals surface area contributed by atoms with E-state index in [0.717, 1.165) is 0 Å². The van der Waals surface area contributed by atoms with Crippen LogP contribution in [0.3, 0.4) is 0 Å². The van der Waals surface area contributed by atoms with Gasteiger partial charge < -0.3 is 5.11 Å². The van der Waals surface area contributed by atoms with Gasteiger partial charge in [0.15, 0.2) is 5.82 Å². The summed E-state index contributed by atoms with van der Waals surface area (Å²) < 4.78 is 14.8. The highest BCUT2D eigenvalue weighted by molar-refractivity contribution is 7.71. The van der Waals surface area contributed by atoms with Crippen molar-refractivity contribution in [3.8, 4) is 17.1 Å². The average Bonchev–Trinajstić information content (AvgIpc) is 2.87. The second kappa shape index (κ2) is 5.90. The van der Waals surface area contributed by atoms with Gasteiger partial charge in [-0.25, -0.2) is 9.49 Å². The zero-order chi connectivity index (χ0) is 15.5. The van der Waals surface area contributed by atoms with Gasteiger partial charge in [-0.05, 0) is 54.2 Å². The minimum Gasteiger partial charge on any atom is -0.508 e. The molecule has 2 aromatic carbocycles. The normalized spacial score (nSPS) is 11.1. The van der Waals surface area contributed by atoms with E-state index in [1.54, 1.807) is 42.6 Å². The molecular formula is C15H11FN4OS. The Balaban J connectivity index is 1.99. The van der Waals surface area contributed by atoms with Crippen molar-refractivity contribution in [3.05, 3.63) is 64.7 Å². The fraction of sp³-hybridized carbons (Fsp3) is 0. The zero-order valence-corrected chi connectivity index (χ0v) is 12.1. The molecule has 0 saturated carbocycles. The largest absolute Gasteiger partial charge is 0.508 e. The number of nitrogens with zero attached hydrogens (tertiary/aromatic N) is 3. The van der Waals surface area contributed by atoms with Gasteiger partial charge in [-0.2, -0.15) is 14.9 Å². The molecule has 3 rings (SSSR count). The summed E-state index contributed by atoms with van der Waals surface area (Å²) in [5.41, 5.74) is 1.40. The van der Waals surface area contributed by atoms with Crippen LogP contribution in [0.15, 0.2) is 53.6 Å². The lowest BCUT2D eigenvalue weighted by Gasteiger charge is -2.01. The predicted molar refractivity (Wildman–Crippen MR) is 83.9 cm³/mol. The van der Waals surface area contributed by atoms with Crippen LogP contribution in [0, 0.1) is 10.6 Å². The Morgan fingerprint density at radius 2 is 2.00 bits per heavy atom. The van der Waals surface area contributed by atoms with Crippen LogP contribution in [-0.4, -0.2) is 26.2 Å². The summed E-state index contributed by atoms with van der Waals surface area (Å²) >= 11 is 5.15. The van der Waals surface area contributed by atoms with Gasteiger partial charge in [0.2, 0.25) is 4.77 Å². The number of phenolic OH excluding ortho intramolecular Hbond substituents is 1. The average molecular weight is 314 g/mol. The van der Waals surface area contributed by atoms with E-state index in [9.17, 15) is 9.50 Å². The number of aromatic hydroxyl groups is 1. The Hall–Kier alpha value is -2.80. The van der Waals surface area contributed by atoms with Crippen LogP contribution >= 0.6 is 12.2 Å². The van der Waals surface area contributed by atoms with Gasteiger partial charge in [-0.15, -0.1) is 0 Å². The first kappa shape index (κ1) is 14.2. The lowest BCUT2D eigenvalue weighted by Crippen LogP contribution is -1.95. The van der Waals surface area contributed by atoms with Crippen molar-refractivity contribution in [2.45, 2.75) is 0 Å². The van der Waals surface area contributed by atoms with Crippen molar-refractivity contribution in [2.24, 2.45) is 5.10 Å². The molecule has 1 aromatic heterocycles. The fourth-order valence-electron chi connectivity index (χ4n) is 1.91. The Morgan fingerprint density at radius 1 is 1.23 bits per heavy atom. The lowest BCUT2D eigenvalue weighted by atomic mass is 10.2. The molecule has 0 aliphatic heterocycles. The van der Waals surface area contributed by atoms with E-state index in [4.69, 9.17) is 12.2 Å². The fourth-order valence-corrected chi connectivity index (χ4v) is 2.09. The van der Waals surface area contributed by atoms with Crippen molar-refractivity contribution in [2.75, 3.05) is 0 Å². The molecule has 0 aliphatic rings. The summed E-state index contributed by atoms with van der Waals surface area (Å²) in [6.45, 7) is 0. The minimum atomic E-state index is -0.326. The van der Waals surface area contributed by atoms with Gasteiger partial charge in [0.25, 0.3) is 0 Å². The number of phenols is 1. The summed E-state index contributed by atoms with van der Waals surface area (Å²) in [5, 5.41) is 20.5. The van der Waals surface area contributed by atoms with Crippen LogP contribution in [0.4, 0.5) is 4.39 Å². The van der Waals surface area contributed by atoms with Crippen LogP contribution in [0.1, 0.15) is 5.56 Å². The van der Waals surface area contributed by atoms with Gasteiger partial charge in [-0.1, -0.05) is 12.1 Å². The quantitative estimate of drug-likeness (QED) is 0.575. The maximum absolute atomic E-state index is 13.0. The highest BCUT2D eigenvalue weighted by Gasteiger charge is 2.08. The molecule has 0 bridgehead atoms. The highest BCUT2D eigenvalue weighted by atomic mass is 32.1. The molecule has 7 heteroatoms. The molecule has 2 N–H and O–H groups in total. The van der Waals surface area contributed by atoms with Gasteiger partial charge >= 0.3 is 0 Å². The van der Waals surface area contributed by atoms with Gasteiger partial charge in [0.1, 0.15) is 11.6 Å². The molecule has 0 spiro atoms. The SMILES string of the molecule is Oc1cccc(/C=N\n2c(-c3ccc(F)cc3)n[nH]c2=S)c1. The predicted octanol–water partition coefficient (Wildman–Crippen LogP) is 3.33. The Kier molecular flexibility index (Phi) is 3.80. The second-order valence-electron chi connectivity index (χ2n) is 4.51.